The summed E-state index contributed by atoms with van der Waals surface area (Å²) >= 11 is 0. The van der Waals surface area contributed by atoms with Gasteiger partial charge >= 0.3 is 0 Å². The van der Waals surface area contributed by atoms with Gasteiger partial charge in [-0.3, -0.25) is 9.78 Å². The number of amides is 1. The monoisotopic (exact) mass is 309 g/mol. The van der Waals surface area contributed by atoms with Crippen LogP contribution in [-0.4, -0.2) is 26.9 Å². The van der Waals surface area contributed by atoms with Gasteiger partial charge in [-0.05, 0) is 43.4 Å². The van der Waals surface area contributed by atoms with E-state index in [1.54, 1.807) is 29.4 Å². The highest BCUT2D eigenvalue weighted by molar-refractivity contribution is 5.94. The Morgan fingerprint density at radius 2 is 2.00 bits per heavy atom. The summed E-state index contributed by atoms with van der Waals surface area (Å²) in [5.74, 6) is 0.600. The molecule has 0 saturated heterocycles. The summed E-state index contributed by atoms with van der Waals surface area (Å²) in [6, 6.07) is 7.53. The number of carbonyl (C=O) groups is 1. The van der Waals surface area contributed by atoms with Gasteiger partial charge in [-0.1, -0.05) is 6.07 Å². The number of pyridine rings is 2. The molecule has 0 spiro atoms. The van der Waals surface area contributed by atoms with Crippen LogP contribution in [0.25, 0.3) is 0 Å². The van der Waals surface area contributed by atoms with Crippen LogP contribution in [0.4, 0.5) is 0 Å². The molecule has 0 radical (unpaired) electrons. The van der Waals surface area contributed by atoms with Crippen LogP contribution in [-0.2, 0) is 13.1 Å². The lowest BCUT2D eigenvalue weighted by Crippen LogP contribution is -2.25. The number of rotatable bonds is 3. The minimum atomic E-state index is -0.0112. The quantitative estimate of drug-likeness (QED) is 0.874. The van der Waals surface area contributed by atoms with Crippen LogP contribution in [0.2, 0.25) is 0 Å². The summed E-state index contributed by atoms with van der Waals surface area (Å²) in [6.45, 7) is 1.18. The van der Waals surface area contributed by atoms with Gasteiger partial charge in [0.05, 0.1) is 17.8 Å². The number of fused-ring (bicyclic) bond motifs is 1. The van der Waals surface area contributed by atoms with E-state index in [1.807, 2.05) is 12.1 Å². The van der Waals surface area contributed by atoms with Crippen LogP contribution in [0.3, 0.4) is 0 Å². The van der Waals surface area contributed by atoms with Crippen molar-refractivity contribution >= 4 is 5.91 Å². The van der Waals surface area contributed by atoms with Gasteiger partial charge in [0.15, 0.2) is 0 Å². The first-order valence-corrected chi connectivity index (χ1v) is 8.14. The lowest BCUT2D eigenvalue weighted by atomic mass is 10.2. The topological polar surface area (TPSA) is 55.3 Å². The SMILES string of the molecule is O=C(c1ccc(OC2CCCC2)nc1)N1Cc2cccnc2C1. The van der Waals surface area contributed by atoms with E-state index in [4.69, 9.17) is 4.74 Å². The van der Waals surface area contributed by atoms with Crippen LogP contribution in [0, 0.1) is 0 Å². The molecule has 118 valence electrons. The van der Waals surface area contributed by atoms with Gasteiger partial charge < -0.3 is 9.64 Å². The summed E-state index contributed by atoms with van der Waals surface area (Å²) in [5, 5.41) is 0. The largest absolute Gasteiger partial charge is 0.474 e. The van der Waals surface area contributed by atoms with Crippen molar-refractivity contribution in [2.75, 3.05) is 0 Å². The molecule has 2 aromatic rings. The predicted octanol–water partition coefficient (Wildman–Crippen LogP) is 2.95. The molecule has 23 heavy (non-hydrogen) atoms. The lowest BCUT2D eigenvalue weighted by molar-refractivity contribution is 0.0750. The van der Waals surface area contributed by atoms with Gasteiger partial charge in [-0.15, -0.1) is 0 Å². The van der Waals surface area contributed by atoms with Crippen LogP contribution in [0.1, 0.15) is 47.3 Å². The summed E-state index contributed by atoms with van der Waals surface area (Å²) in [5.41, 5.74) is 2.70. The Morgan fingerprint density at radius 3 is 2.74 bits per heavy atom. The maximum Gasteiger partial charge on any atom is 0.256 e. The van der Waals surface area contributed by atoms with Crippen molar-refractivity contribution < 1.29 is 9.53 Å². The lowest BCUT2D eigenvalue weighted by Gasteiger charge is -2.16. The highest BCUT2D eigenvalue weighted by Gasteiger charge is 2.25. The number of hydrogen-bond acceptors (Lipinski definition) is 4. The van der Waals surface area contributed by atoms with Gasteiger partial charge in [0, 0.05) is 25.0 Å². The van der Waals surface area contributed by atoms with E-state index < -0.39 is 0 Å². The molecule has 1 aliphatic heterocycles. The number of aromatic nitrogens is 2. The fraction of sp³-hybridized carbons (Fsp3) is 0.389. The van der Waals surface area contributed by atoms with E-state index in [2.05, 4.69) is 9.97 Å². The second-order valence-corrected chi connectivity index (χ2v) is 6.18. The zero-order valence-corrected chi connectivity index (χ0v) is 12.9. The Kier molecular flexibility index (Phi) is 3.69. The number of carbonyl (C=O) groups excluding carboxylic acids is 1. The highest BCUT2D eigenvalue weighted by atomic mass is 16.5. The number of hydrogen-bond donors (Lipinski definition) is 0. The average molecular weight is 309 g/mol. The normalized spacial score (nSPS) is 17.3. The van der Waals surface area contributed by atoms with E-state index in [-0.39, 0.29) is 12.0 Å². The minimum absolute atomic E-state index is 0.0112. The maximum absolute atomic E-state index is 12.6. The van der Waals surface area contributed by atoms with Crippen molar-refractivity contribution in [3.8, 4) is 5.88 Å². The molecule has 1 aliphatic carbocycles. The second kappa shape index (κ2) is 5.99. The first kappa shape index (κ1) is 14.2. The van der Waals surface area contributed by atoms with Crippen molar-refractivity contribution in [3.05, 3.63) is 53.5 Å². The fourth-order valence-corrected chi connectivity index (χ4v) is 3.28. The molecule has 0 atom stereocenters. The zero-order valence-electron chi connectivity index (χ0n) is 12.9. The predicted molar refractivity (Wildman–Crippen MR) is 84.9 cm³/mol. The Labute approximate surface area is 135 Å². The average Bonchev–Trinajstić information content (AvgIpc) is 3.24. The van der Waals surface area contributed by atoms with Crippen LogP contribution in [0.5, 0.6) is 5.88 Å². The Morgan fingerprint density at radius 1 is 1.13 bits per heavy atom. The molecule has 1 fully saturated rings. The summed E-state index contributed by atoms with van der Waals surface area (Å²) in [7, 11) is 0. The van der Waals surface area contributed by atoms with E-state index in [0.717, 1.165) is 24.1 Å². The Bertz CT molecular complexity index is 683. The first-order chi connectivity index (χ1) is 11.3. The summed E-state index contributed by atoms with van der Waals surface area (Å²) in [4.78, 5) is 23.0. The molecule has 2 aliphatic rings. The molecule has 0 N–H and O–H groups in total. The van der Waals surface area contributed by atoms with Crippen LogP contribution in [0.15, 0.2) is 36.7 Å². The molecule has 1 saturated carbocycles. The van der Waals surface area contributed by atoms with Crippen molar-refractivity contribution in [2.45, 2.75) is 44.9 Å². The van der Waals surface area contributed by atoms with Gasteiger partial charge in [0.2, 0.25) is 5.88 Å². The highest BCUT2D eigenvalue weighted by Crippen LogP contribution is 2.24. The molecule has 1 amide bonds. The fourth-order valence-electron chi connectivity index (χ4n) is 3.28. The molecule has 0 unspecified atom stereocenters. The Balaban J connectivity index is 1.43. The van der Waals surface area contributed by atoms with Crippen LogP contribution < -0.4 is 4.74 Å². The van der Waals surface area contributed by atoms with Gasteiger partial charge in [0.1, 0.15) is 6.10 Å². The van der Waals surface area contributed by atoms with Gasteiger partial charge in [-0.2, -0.15) is 0 Å². The van der Waals surface area contributed by atoms with Crippen molar-refractivity contribution in [1.82, 2.24) is 14.9 Å². The molecule has 0 aromatic carbocycles. The molecular weight excluding hydrogens is 290 g/mol. The molecule has 3 heterocycles. The zero-order chi connectivity index (χ0) is 15.6. The summed E-state index contributed by atoms with van der Waals surface area (Å²) < 4.78 is 5.84. The van der Waals surface area contributed by atoms with Crippen molar-refractivity contribution in [3.63, 3.8) is 0 Å². The molecule has 5 heteroatoms. The third kappa shape index (κ3) is 2.91. The van der Waals surface area contributed by atoms with Gasteiger partial charge in [-0.25, -0.2) is 4.98 Å². The van der Waals surface area contributed by atoms with E-state index in [0.29, 0.717) is 24.5 Å². The standard InChI is InChI=1S/C18H19N3O2/c22-18(21-11-14-4-3-9-19-16(14)12-21)13-7-8-17(20-10-13)23-15-5-1-2-6-15/h3-4,7-10,15H,1-2,5-6,11-12H2. The van der Waals surface area contributed by atoms with Gasteiger partial charge in [0.25, 0.3) is 5.91 Å². The second-order valence-electron chi connectivity index (χ2n) is 6.18. The molecular formula is C18H19N3O2. The van der Waals surface area contributed by atoms with E-state index >= 15 is 0 Å². The Hall–Kier alpha value is -2.43. The first-order valence-electron chi connectivity index (χ1n) is 8.14. The number of nitrogens with zero attached hydrogens (tertiary/aromatic N) is 3. The molecule has 0 bridgehead atoms. The van der Waals surface area contributed by atoms with Crippen LogP contribution >= 0.6 is 0 Å². The third-order valence-electron chi connectivity index (χ3n) is 4.55. The number of ether oxygens (including phenoxy) is 1. The summed E-state index contributed by atoms with van der Waals surface area (Å²) in [6.07, 6.45) is 8.31. The maximum atomic E-state index is 12.6. The third-order valence-corrected chi connectivity index (χ3v) is 4.55. The van der Waals surface area contributed by atoms with Crippen molar-refractivity contribution in [1.29, 1.82) is 0 Å². The van der Waals surface area contributed by atoms with E-state index in [1.165, 1.54) is 12.8 Å². The smallest absolute Gasteiger partial charge is 0.256 e. The van der Waals surface area contributed by atoms with E-state index in [9.17, 15) is 4.79 Å². The molecule has 2 aromatic heterocycles. The van der Waals surface area contributed by atoms with Crippen molar-refractivity contribution in [2.24, 2.45) is 0 Å². The minimum Gasteiger partial charge on any atom is -0.474 e. The molecule has 4 rings (SSSR count). The molecule has 5 nitrogen and oxygen atoms in total.